The van der Waals surface area contributed by atoms with Crippen LogP contribution in [0, 0.1) is 0 Å². The lowest BCUT2D eigenvalue weighted by Gasteiger charge is -2.05. The average molecular weight is 291 g/mol. The molecular weight excluding hydrogens is 279 g/mol. The van der Waals surface area contributed by atoms with Gasteiger partial charge >= 0.3 is 5.97 Å². The number of carbonyl (C=O) groups is 2. The Labute approximate surface area is 114 Å². The van der Waals surface area contributed by atoms with Crippen molar-refractivity contribution in [2.24, 2.45) is 0 Å². The van der Waals surface area contributed by atoms with E-state index >= 15 is 0 Å². The van der Waals surface area contributed by atoms with E-state index in [2.05, 4.69) is 4.74 Å². The van der Waals surface area contributed by atoms with Crippen LogP contribution in [-0.4, -0.2) is 24.0 Å². The van der Waals surface area contributed by atoms with E-state index in [1.807, 2.05) is 0 Å². The van der Waals surface area contributed by atoms with E-state index in [0.717, 1.165) is 0 Å². The van der Waals surface area contributed by atoms with Gasteiger partial charge in [-0.2, -0.15) is 0 Å². The summed E-state index contributed by atoms with van der Waals surface area (Å²) in [5, 5.41) is 9.97. The molecule has 0 aliphatic heterocycles. The zero-order chi connectivity index (χ0) is 13.7. The van der Waals surface area contributed by atoms with E-state index in [-0.39, 0.29) is 46.0 Å². The molecule has 0 bridgehead atoms. The highest BCUT2D eigenvalue weighted by Gasteiger charge is 2.14. The lowest BCUT2D eigenvalue weighted by molar-refractivity contribution is -0.140. The van der Waals surface area contributed by atoms with Crippen LogP contribution in [0.15, 0.2) is 12.1 Å². The van der Waals surface area contributed by atoms with Crippen molar-refractivity contribution in [3.05, 3.63) is 27.7 Å². The zero-order valence-electron chi connectivity index (χ0n) is 9.70. The molecule has 98 valence electrons. The third kappa shape index (κ3) is 3.89. The number of hydrogen-bond donors (Lipinski definition) is 1. The standard InChI is InChI=1S/C12H12Cl2O4/c1-18-12(17)4-2-3-10(15)7-5-8(13)9(14)6-11(7)16/h5-6,16H,2-4H2,1H3. The highest BCUT2D eigenvalue weighted by Crippen LogP contribution is 2.30. The van der Waals surface area contributed by atoms with Gasteiger partial charge in [0.05, 0.1) is 22.7 Å². The van der Waals surface area contributed by atoms with Crippen LogP contribution < -0.4 is 0 Å². The molecule has 1 rings (SSSR count). The summed E-state index contributed by atoms with van der Waals surface area (Å²) >= 11 is 11.5. The molecule has 0 saturated carbocycles. The number of halogens is 2. The van der Waals surface area contributed by atoms with Crippen molar-refractivity contribution in [2.75, 3.05) is 7.11 Å². The molecule has 0 radical (unpaired) electrons. The lowest BCUT2D eigenvalue weighted by atomic mass is 10.0. The quantitative estimate of drug-likeness (QED) is 0.668. The first kappa shape index (κ1) is 14.8. The molecule has 0 heterocycles. The van der Waals surface area contributed by atoms with E-state index in [1.165, 1.54) is 19.2 Å². The maximum Gasteiger partial charge on any atom is 0.305 e. The average Bonchev–Trinajstić information content (AvgIpc) is 2.33. The van der Waals surface area contributed by atoms with Gasteiger partial charge in [0.25, 0.3) is 0 Å². The third-order valence-corrected chi connectivity index (χ3v) is 3.07. The Morgan fingerprint density at radius 2 is 1.83 bits per heavy atom. The number of ether oxygens (including phenoxy) is 1. The van der Waals surface area contributed by atoms with Gasteiger partial charge in [-0.15, -0.1) is 0 Å². The van der Waals surface area contributed by atoms with Crippen LogP contribution in [0.25, 0.3) is 0 Å². The van der Waals surface area contributed by atoms with Crippen LogP contribution in [-0.2, 0) is 9.53 Å². The molecule has 0 fully saturated rings. The van der Waals surface area contributed by atoms with Crippen LogP contribution in [0.2, 0.25) is 10.0 Å². The smallest absolute Gasteiger partial charge is 0.305 e. The molecule has 0 aromatic heterocycles. The second-order valence-corrected chi connectivity index (χ2v) is 4.45. The Bertz CT molecular complexity index is 471. The van der Waals surface area contributed by atoms with Gasteiger partial charge in [0, 0.05) is 18.9 Å². The van der Waals surface area contributed by atoms with Gasteiger partial charge in [-0.25, -0.2) is 0 Å². The number of phenols is 1. The molecule has 0 amide bonds. The van der Waals surface area contributed by atoms with E-state index in [9.17, 15) is 14.7 Å². The first-order valence-corrected chi connectivity index (χ1v) is 5.99. The van der Waals surface area contributed by atoms with Crippen molar-refractivity contribution in [1.29, 1.82) is 0 Å². The van der Waals surface area contributed by atoms with Gasteiger partial charge in [0.2, 0.25) is 0 Å². The highest BCUT2D eigenvalue weighted by atomic mass is 35.5. The summed E-state index contributed by atoms with van der Waals surface area (Å²) in [6.45, 7) is 0. The number of esters is 1. The SMILES string of the molecule is COC(=O)CCCC(=O)c1cc(Cl)c(Cl)cc1O. The van der Waals surface area contributed by atoms with Crippen LogP contribution in [0.5, 0.6) is 5.75 Å². The molecule has 1 N–H and O–H groups in total. The summed E-state index contributed by atoms with van der Waals surface area (Å²) in [6.07, 6.45) is 0.635. The maximum atomic E-state index is 11.8. The van der Waals surface area contributed by atoms with Crippen molar-refractivity contribution in [3.63, 3.8) is 0 Å². The predicted octanol–water partition coefficient (Wildman–Crippen LogP) is 3.23. The van der Waals surface area contributed by atoms with Crippen molar-refractivity contribution >= 4 is 35.0 Å². The van der Waals surface area contributed by atoms with Crippen LogP contribution in [0.4, 0.5) is 0 Å². The minimum absolute atomic E-state index is 0.106. The number of Topliss-reactive ketones (excluding diaryl/α,β-unsaturated/α-hetero) is 1. The number of hydrogen-bond acceptors (Lipinski definition) is 4. The highest BCUT2D eigenvalue weighted by molar-refractivity contribution is 6.42. The molecule has 0 spiro atoms. The predicted molar refractivity (Wildman–Crippen MR) is 68.3 cm³/mol. The number of methoxy groups -OCH3 is 1. The second-order valence-electron chi connectivity index (χ2n) is 3.64. The van der Waals surface area contributed by atoms with Crippen molar-refractivity contribution in [1.82, 2.24) is 0 Å². The van der Waals surface area contributed by atoms with E-state index in [4.69, 9.17) is 23.2 Å². The van der Waals surface area contributed by atoms with Crippen molar-refractivity contribution in [3.8, 4) is 5.75 Å². The number of rotatable bonds is 5. The van der Waals surface area contributed by atoms with Crippen LogP contribution in [0.1, 0.15) is 29.6 Å². The minimum Gasteiger partial charge on any atom is -0.507 e. The first-order chi connectivity index (χ1) is 8.45. The monoisotopic (exact) mass is 290 g/mol. The topological polar surface area (TPSA) is 63.6 Å². The van der Waals surface area contributed by atoms with Gasteiger partial charge in [0.15, 0.2) is 5.78 Å². The Morgan fingerprint density at radius 3 is 2.44 bits per heavy atom. The summed E-state index contributed by atoms with van der Waals surface area (Å²) in [5.74, 6) is -0.886. The third-order valence-electron chi connectivity index (χ3n) is 2.35. The Balaban J connectivity index is 2.67. The summed E-state index contributed by atoms with van der Waals surface area (Å²) in [5.41, 5.74) is 0.106. The second kappa shape index (κ2) is 6.61. The number of carbonyl (C=O) groups excluding carboxylic acids is 2. The zero-order valence-corrected chi connectivity index (χ0v) is 11.2. The number of phenolic OH excluding ortho intramolecular Hbond substituents is 1. The van der Waals surface area contributed by atoms with Crippen molar-refractivity contribution in [2.45, 2.75) is 19.3 Å². The minimum atomic E-state index is -0.374. The fourth-order valence-electron chi connectivity index (χ4n) is 1.39. The van der Waals surface area contributed by atoms with Gasteiger partial charge in [-0.1, -0.05) is 23.2 Å². The first-order valence-electron chi connectivity index (χ1n) is 5.23. The summed E-state index contributed by atoms with van der Waals surface area (Å²) in [4.78, 5) is 22.7. The largest absolute Gasteiger partial charge is 0.507 e. The maximum absolute atomic E-state index is 11.8. The molecule has 0 unspecified atom stereocenters. The lowest BCUT2D eigenvalue weighted by Crippen LogP contribution is -2.04. The molecule has 1 aromatic carbocycles. The van der Waals surface area contributed by atoms with Crippen LogP contribution >= 0.6 is 23.2 Å². The van der Waals surface area contributed by atoms with Crippen molar-refractivity contribution < 1.29 is 19.4 Å². The number of benzene rings is 1. The van der Waals surface area contributed by atoms with Gasteiger partial charge in [0.1, 0.15) is 5.75 Å². The molecule has 6 heteroatoms. The molecular formula is C12H12Cl2O4. The fourth-order valence-corrected chi connectivity index (χ4v) is 1.71. The van der Waals surface area contributed by atoms with E-state index in [1.54, 1.807) is 0 Å². The molecule has 0 aliphatic rings. The van der Waals surface area contributed by atoms with Gasteiger partial charge in [-0.3, -0.25) is 9.59 Å². The summed E-state index contributed by atoms with van der Waals surface area (Å²) < 4.78 is 4.46. The molecule has 0 saturated heterocycles. The van der Waals surface area contributed by atoms with Gasteiger partial charge < -0.3 is 9.84 Å². The number of ketones is 1. The van der Waals surface area contributed by atoms with E-state index < -0.39 is 0 Å². The normalized spacial score (nSPS) is 10.2. The Kier molecular flexibility index (Phi) is 5.44. The van der Waals surface area contributed by atoms with E-state index in [0.29, 0.717) is 6.42 Å². The summed E-state index contributed by atoms with van der Waals surface area (Å²) in [7, 11) is 1.29. The molecule has 1 aromatic rings. The molecule has 0 atom stereocenters. The molecule has 0 aliphatic carbocycles. The summed E-state index contributed by atoms with van der Waals surface area (Å²) in [6, 6.07) is 2.54. The fraction of sp³-hybridized carbons (Fsp3) is 0.333. The molecule has 4 nitrogen and oxygen atoms in total. The Hall–Kier alpha value is -1.26. The van der Waals surface area contributed by atoms with Gasteiger partial charge in [-0.05, 0) is 12.5 Å². The molecule has 18 heavy (non-hydrogen) atoms. The Morgan fingerprint density at radius 1 is 1.22 bits per heavy atom. The number of aromatic hydroxyl groups is 1. The van der Waals surface area contributed by atoms with Crippen LogP contribution in [0.3, 0.4) is 0 Å².